The molecular weight excluding hydrogens is 335 g/mol. The van der Waals surface area contributed by atoms with Crippen molar-refractivity contribution >= 4 is 34.9 Å². The number of hydrogen-bond acceptors (Lipinski definition) is 2. The lowest BCUT2D eigenvalue weighted by Crippen LogP contribution is -2.32. The topological polar surface area (TPSA) is 50.4 Å². The number of amides is 2. The quantitative estimate of drug-likeness (QED) is 0.736. The first kappa shape index (κ1) is 17.4. The maximum absolute atomic E-state index is 11.8. The van der Waals surface area contributed by atoms with Gasteiger partial charge in [0.05, 0.1) is 17.3 Å². The van der Waals surface area contributed by atoms with Crippen LogP contribution in [0, 0.1) is 0 Å². The van der Waals surface area contributed by atoms with Gasteiger partial charge in [0, 0.05) is 5.02 Å². The predicted octanol–water partition coefficient (Wildman–Crippen LogP) is 4.76. The van der Waals surface area contributed by atoms with E-state index < -0.39 is 0 Å². The molecule has 0 aliphatic heterocycles. The number of carbonyl (C=O) groups excluding carboxylic acids is 1. The third-order valence-corrected chi connectivity index (χ3v) is 3.74. The molecule has 2 amide bonds. The largest absolute Gasteiger partial charge is 0.491 e. The normalized spacial score (nSPS) is 10.2. The smallest absolute Gasteiger partial charge is 0.319 e. The van der Waals surface area contributed by atoms with Crippen LogP contribution in [0.25, 0.3) is 0 Å². The Labute approximate surface area is 145 Å². The molecule has 0 bridgehead atoms. The van der Waals surface area contributed by atoms with Crippen LogP contribution in [0.4, 0.5) is 10.5 Å². The molecule has 0 atom stereocenters. The maximum atomic E-state index is 11.8. The molecule has 2 N–H and O–H groups in total. The van der Waals surface area contributed by atoms with E-state index in [2.05, 4.69) is 17.6 Å². The van der Waals surface area contributed by atoms with E-state index in [1.54, 1.807) is 18.2 Å². The van der Waals surface area contributed by atoms with Gasteiger partial charge < -0.3 is 15.4 Å². The summed E-state index contributed by atoms with van der Waals surface area (Å²) in [7, 11) is 0. The Morgan fingerprint density at radius 3 is 2.74 bits per heavy atom. The molecule has 2 rings (SSSR count). The summed E-state index contributed by atoms with van der Waals surface area (Å²) in [5.74, 6) is 0.843. The van der Waals surface area contributed by atoms with Gasteiger partial charge in [-0.05, 0) is 36.2 Å². The lowest BCUT2D eigenvalue weighted by atomic mass is 10.1. The van der Waals surface area contributed by atoms with Gasteiger partial charge in [-0.25, -0.2) is 4.79 Å². The first-order valence-electron chi connectivity index (χ1n) is 7.30. The first-order valence-corrected chi connectivity index (χ1v) is 8.06. The molecule has 0 radical (unpaired) electrons. The van der Waals surface area contributed by atoms with E-state index in [1.165, 1.54) is 0 Å². The third-order valence-electron chi connectivity index (χ3n) is 3.18. The lowest BCUT2D eigenvalue weighted by Gasteiger charge is -2.12. The molecule has 2 aromatic rings. The summed E-state index contributed by atoms with van der Waals surface area (Å²) in [4.78, 5) is 11.8. The van der Waals surface area contributed by atoms with Crippen molar-refractivity contribution in [3.05, 3.63) is 58.1 Å². The number of para-hydroxylation sites is 1. The van der Waals surface area contributed by atoms with E-state index in [0.717, 1.165) is 17.7 Å². The predicted molar refractivity (Wildman–Crippen MR) is 94.8 cm³/mol. The second-order valence-electron chi connectivity index (χ2n) is 4.81. The minimum Gasteiger partial charge on any atom is -0.491 e. The van der Waals surface area contributed by atoms with Crippen LogP contribution in [-0.2, 0) is 6.42 Å². The summed E-state index contributed by atoms with van der Waals surface area (Å²) in [5, 5.41) is 6.29. The van der Waals surface area contributed by atoms with E-state index in [9.17, 15) is 4.79 Å². The van der Waals surface area contributed by atoms with Crippen LogP contribution >= 0.6 is 23.2 Å². The number of halogens is 2. The summed E-state index contributed by atoms with van der Waals surface area (Å²) >= 11 is 11.9. The molecule has 0 aliphatic carbocycles. The highest BCUT2D eigenvalue weighted by atomic mass is 35.5. The first-order chi connectivity index (χ1) is 11.1. The number of aryl methyl sites for hydroxylation is 1. The number of urea groups is 1. The highest BCUT2D eigenvalue weighted by Gasteiger charge is 2.06. The zero-order valence-electron chi connectivity index (χ0n) is 12.7. The van der Waals surface area contributed by atoms with Gasteiger partial charge in [-0.15, -0.1) is 0 Å². The fourth-order valence-electron chi connectivity index (χ4n) is 2.02. The van der Waals surface area contributed by atoms with Gasteiger partial charge in [0.1, 0.15) is 12.4 Å². The fourth-order valence-corrected chi connectivity index (χ4v) is 2.36. The molecule has 23 heavy (non-hydrogen) atoms. The van der Waals surface area contributed by atoms with Crippen molar-refractivity contribution in [2.75, 3.05) is 18.5 Å². The summed E-state index contributed by atoms with van der Waals surface area (Å²) in [6.45, 7) is 2.83. The zero-order valence-corrected chi connectivity index (χ0v) is 14.2. The van der Waals surface area contributed by atoms with E-state index >= 15 is 0 Å². The Hall–Kier alpha value is -1.91. The third kappa shape index (κ3) is 5.34. The van der Waals surface area contributed by atoms with Gasteiger partial charge in [0.25, 0.3) is 0 Å². The molecule has 4 nitrogen and oxygen atoms in total. The number of rotatable bonds is 6. The molecule has 2 aromatic carbocycles. The highest BCUT2D eigenvalue weighted by Crippen LogP contribution is 2.25. The fraction of sp³-hybridized carbons (Fsp3) is 0.235. The van der Waals surface area contributed by atoms with Crippen LogP contribution in [0.5, 0.6) is 5.75 Å². The lowest BCUT2D eigenvalue weighted by molar-refractivity contribution is 0.247. The monoisotopic (exact) mass is 352 g/mol. The molecule has 0 heterocycles. The van der Waals surface area contributed by atoms with Gasteiger partial charge in [-0.2, -0.15) is 0 Å². The molecule has 0 unspecified atom stereocenters. The van der Waals surface area contributed by atoms with Crippen molar-refractivity contribution in [1.82, 2.24) is 5.32 Å². The zero-order chi connectivity index (χ0) is 16.7. The van der Waals surface area contributed by atoms with Gasteiger partial charge in [0.15, 0.2) is 0 Å². The molecule has 0 fully saturated rings. The molecule has 0 spiro atoms. The molecule has 122 valence electrons. The van der Waals surface area contributed by atoms with Gasteiger partial charge in [0.2, 0.25) is 0 Å². The summed E-state index contributed by atoms with van der Waals surface area (Å²) in [5.41, 5.74) is 1.61. The van der Waals surface area contributed by atoms with Gasteiger partial charge >= 0.3 is 6.03 Å². The number of carbonyl (C=O) groups is 1. The Morgan fingerprint density at radius 2 is 1.96 bits per heavy atom. The van der Waals surface area contributed by atoms with Crippen molar-refractivity contribution in [1.29, 1.82) is 0 Å². The Bertz CT molecular complexity index is 677. The average Bonchev–Trinajstić information content (AvgIpc) is 2.55. The van der Waals surface area contributed by atoms with Gasteiger partial charge in [-0.3, -0.25) is 0 Å². The summed E-state index contributed by atoms with van der Waals surface area (Å²) in [6, 6.07) is 12.4. The van der Waals surface area contributed by atoms with Crippen LogP contribution in [0.15, 0.2) is 42.5 Å². The summed E-state index contributed by atoms with van der Waals surface area (Å²) < 4.78 is 5.68. The number of nitrogens with one attached hydrogen (secondary N) is 2. The van der Waals surface area contributed by atoms with Crippen LogP contribution in [-0.4, -0.2) is 19.2 Å². The van der Waals surface area contributed by atoms with Crippen molar-refractivity contribution in [3.63, 3.8) is 0 Å². The van der Waals surface area contributed by atoms with Crippen molar-refractivity contribution in [2.45, 2.75) is 13.3 Å². The minimum atomic E-state index is -0.360. The van der Waals surface area contributed by atoms with Gasteiger partial charge in [-0.1, -0.05) is 48.3 Å². The molecule has 0 aromatic heterocycles. The molecule has 6 heteroatoms. The minimum absolute atomic E-state index is 0.360. The molecule has 0 saturated carbocycles. The summed E-state index contributed by atoms with van der Waals surface area (Å²) in [6.07, 6.45) is 0.900. The highest BCUT2D eigenvalue weighted by molar-refractivity contribution is 6.35. The Morgan fingerprint density at radius 1 is 1.17 bits per heavy atom. The molecule has 0 saturated heterocycles. The van der Waals surface area contributed by atoms with E-state index in [1.807, 2.05) is 24.3 Å². The van der Waals surface area contributed by atoms with Crippen molar-refractivity contribution in [2.24, 2.45) is 0 Å². The SMILES string of the molecule is CCc1ccccc1OCCNC(=O)Nc1cc(Cl)ccc1Cl. The number of ether oxygens (including phenoxy) is 1. The molecule has 0 aliphatic rings. The standard InChI is InChI=1S/C17H18Cl2N2O2/c1-2-12-5-3-4-6-16(12)23-10-9-20-17(22)21-15-11-13(18)7-8-14(15)19/h3-8,11H,2,9-10H2,1H3,(H2,20,21,22). The van der Waals surface area contributed by atoms with E-state index in [4.69, 9.17) is 27.9 Å². The molecular formula is C17H18Cl2N2O2. The Kier molecular flexibility index (Phi) is 6.56. The number of anilines is 1. The van der Waals surface area contributed by atoms with Crippen molar-refractivity contribution in [3.8, 4) is 5.75 Å². The average molecular weight is 353 g/mol. The second kappa shape index (κ2) is 8.65. The van der Waals surface area contributed by atoms with Crippen molar-refractivity contribution < 1.29 is 9.53 Å². The number of benzene rings is 2. The number of hydrogen-bond donors (Lipinski definition) is 2. The second-order valence-corrected chi connectivity index (χ2v) is 5.66. The van der Waals surface area contributed by atoms with Crippen LogP contribution < -0.4 is 15.4 Å². The van der Waals surface area contributed by atoms with Crippen LogP contribution in [0.1, 0.15) is 12.5 Å². The van der Waals surface area contributed by atoms with Crippen LogP contribution in [0.3, 0.4) is 0 Å². The van der Waals surface area contributed by atoms with E-state index in [-0.39, 0.29) is 6.03 Å². The Balaban J connectivity index is 1.78. The maximum Gasteiger partial charge on any atom is 0.319 e. The van der Waals surface area contributed by atoms with Crippen LogP contribution in [0.2, 0.25) is 10.0 Å². The van der Waals surface area contributed by atoms with E-state index in [0.29, 0.717) is 28.9 Å².